The van der Waals surface area contributed by atoms with Crippen molar-refractivity contribution in [1.29, 1.82) is 0 Å². The van der Waals surface area contributed by atoms with Gasteiger partial charge < -0.3 is 4.57 Å². The van der Waals surface area contributed by atoms with E-state index in [9.17, 15) is 8.42 Å². The molecule has 0 radical (unpaired) electrons. The molecule has 0 amide bonds. The van der Waals surface area contributed by atoms with Crippen molar-refractivity contribution >= 4 is 21.1 Å². The Morgan fingerprint density at radius 2 is 1.75 bits per heavy atom. The number of nitrogens with zero attached hydrogens (tertiary/aromatic N) is 2. The summed E-state index contributed by atoms with van der Waals surface area (Å²) in [4.78, 5) is 5.28. The van der Waals surface area contributed by atoms with E-state index < -0.39 is 10.0 Å². The van der Waals surface area contributed by atoms with Crippen LogP contribution in [0.15, 0.2) is 53.4 Å². The van der Waals surface area contributed by atoms with E-state index in [1.165, 1.54) is 38.5 Å². The quantitative estimate of drug-likeness (QED) is 0.493. The zero-order valence-corrected chi connectivity index (χ0v) is 20.3. The maximum atomic E-state index is 12.6. The summed E-state index contributed by atoms with van der Waals surface area (Å²) >= 11 is 0. The lowest BCUT2D eigenvalue weighted by molar-refractivity contribution is 0.321. The van der Waals surface area contributed by atoms with Crippen molar-refractivity contribution in [1.82, 2.24) is 14.3 Å². The van der Waals surface area contributed by atoms with Gasteiger partial charge in [0.1, 0.15) is 5.82 Å². The molecule has 1 heterocycles. The van der Waals surface area contributed by atoms with Gasteiger partial charge in [-0.15, -0.1) is 0 Å². The number of aromatic nitrogens is 2. The average molecular weight is 454 g/mol. The first kappa shape index (κ1) is 23.0. The monoisotopic (exact) mass is 453 g/mol. The van der Waals surface area contributed by atoms with Crippen LogP contribution in [0, 0.1) is 5.92 Å². The Balaban J connectivity index is 1.55. The first-order chi connectivity index (χ1) is 15.2. The molecule has 5 nitrogen and oxygen atoms in total. The first-order valence-corrected chi connectivity index (χ1v) is 13.3. The highest BCUT2D eigenvalue weighted by Crippen LogP contribution is 2.31. The molecular weight excluding hydrogens is 418 g/mol. The lowest BCUT2D eigenvalue weighted by atomic mass is 9.87. The summed E-state index contributed by atoms with van der Waals surface area (Å²) in [6.07, 6.45) is 8.02. The summed E-state index contributed by atoms with van der Waals surface area (Å²) in [5.41, 5.74) is 2.94. The number of imidazole rings is 1. The number of aryl methyl sites for hydroxylation is 1. The number of hydrogen-bond donors (Lipinski definition) is 1. The maximum absolute atomic E-state index is 12.6. The third kappa shape index (κ3) is 5.24. The van der Waals surface area contributed by atoms with Gasteiger partial charge in [-0.05, 0) is 42.2 Å². The van der Waals surface area contributed by atoms with Gasteiger partial charge >= 0.3 is 0 Å². The van der Waals surface area contributed by atoms with Crippen LogP contribution in [0.25, 0.3) is 11.0 Å². The molecular formula is C26H35N3O2S. The Morgan fingerprint density at radius 1 is 1.03 bits per heavy atom. The predicted molar refractivity (Wildman–Crippen MR) is 130 cm³/mol. The van der Waals surface area contributed by atoms with E-state index >= 15 is 0 Å². The van der Waals surface area contributed by atoms with Crippen LogP contribution in [-0.2, 0) is 28.5 Å². The Bertz CT molecular complexity index is 1150. The maximum Gasteiger partial charge on any atom is 0.240 e. The van der Waals surface area contributed by atoms with Crippen molar-refractivity contribution < 1.29 is 8.42 Å². The molecule has 1 aliphatic rings. The normalized spacial score (nSPS) is 16.0. The molecule has 0 spiro atoms. The second kappa shape index (κ2) is 9.36. The molecule has 4 rings (SSSR count). The fraction of sp³-hybridized carbons (Fsp3) is 0.500. The summed E-state index contributed by atoms with van der Waals surface area (Å²) < 4.78 is 30.2. The number of benzene rings is 2. The molecule has 0 aliphatic heterocycles. The van der Waals surface area contributed by atoms with Crippen LogP contribution in [0.5, 0.6) is 0 Å². The molecule has 1 fully saturated rings. The minimum Gasteiger partial charge on any atom is -0.328 e. The van der Waals surface area contributed by atoms with Gasteiger partial charge in [-0.2, -0.15) is 0 Å². The van der Waals surface area contributed by atoms with Crippen molar-refractivity contribution in [3.63, 3.8) is 0 Å². The second-order valence-corrected chi connectivity index (χ2v) is 11.9. The second-order valence-electron chi connectivity index (χ2n) is 10.1. The Hall–Kier alpha value is -2.18. The van der Waals surface area contributed by atoms with E-state index in [4.69, 9.17) is 4.98 Å². The Labute approximate surface area is 192 Å². The predicted octanol–water partition coefficient (Wildman–Crippen LogP) is 5.78. The lowest BCUT2D eigenvalue weighted by Gasteiger charge is -2.24. The van der Waals surface area contributed by atoms with E-state index in [1.807, 2.05) is 18.2 Å². The summed E-state index contributed by atoms with van der Waals surface area (Å²) in [5, 5.41) is 0. The number of sulfonamides is 1. The van der Waals surface area contributed by atoms with Crippen LogP contribution in [-0.4, -0.2) is 18.0 Å². The smallest absolute Gasteiger partial charge is 0.240 e. The molecule has 32 heavy (non-hydrogen) atoms. The summed E-state index contributed by atoms with van der Waals surface area (Å²) in [6, 6.07) is 14.6. The van der Waals surface area contributed by atoms with E-state index in [0.29, 0.717) is 0 Å². The molecule has 0 saturated heterocycles. The topological polar surface area (TPSA) is 64.0 Å². The largest absolute Gasteiger partial charge is 0.328 e. The SMILES string of the molecule is CC(C)(C)c1nc2cc(CNS(=O)(=O)c3ccccc3)ccc2n1CCC1CCCCC1. The third-order valence-electron chi connectivity index (χ3n) is 6.49. The van der Waals surface area contributed by atoms with Gasteiger partial charge in [0.2, 0.25) is 10.0 Å². The van der Waals surface area contributed by atoms with Crippen molar-refractivity contribution in [2.24, 2.45) is 5.92 Å². The van der Waals surface area contributed by atoms with Crippen LogP contribution >= 0.6 is 0 Å². The minimum atomic E-state index is -3.53. The van der Waals surface area contributed by atoms with E-state index in [1.54, 1.807) is 24.3 Å². The third-order valence-corrected chi connectivity index (χ3v) is 7.91. The molecule has 1 N–H and O–H groups in total. The van der Waals surface area contributed by atoms with Crippen molar-refractivity contribution in [2.75, 3.05) is 0 Å². The van der Waals surface area contributed by atoms with E-state index in [2.05, 4.69) is 36.1 Å². The van der Waals surface area contributed by atoms with Crippen molar-refractivity contribution in [3.8, 4) is 0 Å². The summed E-state index contributed by atoms with van der Waals surface area (Å²) in [6.45, 7) is 7.86. The molecule has 2 aromatic carbocycles. The molecule has 172 valence electrons. The number of fused-ring (bicyclic) bond motifs is 1. The van der Waals surface area contributed by atoms with Gasteiger partial charge in [0.05, 0.1) is 15.9 Å². The fourth-order valence-corrected chi connectivity index (χ4v) is 5.77. The molecule has 0 bridgehead atoms. The highest BCUT2D eigenvalue weighted by Gasteiger charge is 2.24. The number of rotatable bonds is 7. The zero-order valence-electron chi connectivity index (χ0n) is 19.5. The molecule has 0 unspecified atom stereocenters. The van der Waals surface area contributed by atoms with Crippen molar-refractivity contribution in [2.45, 2.75) is 82.7 Å². The average Bonchev–Trinajstić information content (AvgIpc) is 3.16. The highest BCUT2D eigenvalue weighted by atomic mass is 32.2. The molecule has 1 saturated carbocycles. The molecule has 1 aromatic heterocycles. The van der Waals surface area contributed by atoms with Crippen LogP contribution < -0.4 is 4.72 Å². The van der Waals surface area contributed by atoms with Gasteiger partial charge in [0, 0.05) is 18.5 Å². The van der Waals surface area contributed by atoms with Crippen LogP contribution in [0.2, 0.25) is 0 Å². The van der Waals surface area contributed by atoms with Gasteiger partial charge in [-0.3, -0.25) is 0 Å². The zero-order chi connectivity index (χ0) is 22.8. The number of nitrogens with one attached hydrogen (secondary N) is 1. The lowest BCUT2D eigenvalue weighted by Crippen LogP contribution is -2.23. The van der Waals surface area contributed by atoms with E-state index in [-0.39, 0.29) is 16.9 Å². The fourth-order valence-electron chi connectivity index (χ4n) is 4.73. The van der Waals surface area contributed by atoms with Crippen molar-refractivity contribution in [3.05, 3.63) is 59.9 Å². The number of hydrogen-bond acceptors (Lipinski definition) is 3. The Morgan fingerprint density at radius 3 is 2.44 bits per heavy atom. The van der Waals surface area contributed by atoms with Gasteiger partial charge in [-0.25, -0.2) is 18.1 Å². The summed E-state index contributed by atoms with van der Waals surface area (Å²) in [7, 11) is -3.53. The Kier molecular flexibility index (Phi) is 6.72. The van der Waals surface area contributed by atoms with Gasteiger partial charge in [0.25, 0.3) is 0 Å². The van der Waals surface area contributed by atoms with E-state index in [0.717, 1.165) is 34.9 Å². The van der Waals surface area contributed by atoms with Crippen LogP contribution in [0.1, 0.15) is 70.7 Å². The van der Waals surface area contributed by atoms with Gasteiger partial charge in [0.15, 0.2) is 0 Å². The molecule has 1 aliphatic carbocycles. The standard InChI is InChI=1S/C26H35N3O2S/c1-26(2,3)25-28-23-18-21(19-27-32(30,31)22-12-8-5-9-13-22)14-15-24(23)29(25)17-16-20-10-6-4-7-11-20/h5,8-9,12-15,18,20,27H,4,6-7,10-11,16-17,19H2,1-3H3. The van der Waals surface area contributed by atoms with Crippen LogP contribution in [0.4, 0.5) is 0 Å². The first-order valence-electron chi connectivity index (χ1n) is 11.8. The molecule has 6 heteroatoms. The molecule has 0 atom stereocenters. The minimum absolute atomic E-state index is 0.0549. The van der Waals surface area contributed by atoms with Gasteiger partial charge in [-0.1, -0.05) is 77.1 Å². The summed E-state index contributed by atoms with van der Waals surface area (Å²) in [5.74, 6) is 1.92. The molecule has 3 aromatic rings. The highest BCUT2D eigenvalue weighted by molar-refractivity contribution is 7.89. The van der Waals surface area contributed by atoms with Crippen LogP contribution in [0.3, 0.4) is 0 Å².